The molecule has 0 rings (SSSR count). The standard InChI is InChI=1S/C7H17NO3Si/c1-7(9)8-5-4-6-12(10-2)11-3/h12H,4-6H2,1-3H3,(H,8,9). The molecule has 0 bridgehead atoms. The largest absolute Gasteiger partial charge is 0.400 e. The predicted octanol–water partition coefficient (Wildman–Crippen LogP) is 0.0259. The van der Waals surface area contributed by atoms with E-state index in [0.29, 0.717) is 6.54 Å². The predicted molar refractivity (Wildman–Crippen MR) is 49.3 cm³/mol. The molecule has 0 aliphatic carbocycles. The van der Waals surface area contributed by atoms with Gasteiger partial charge < -0.3 is 14.2 Å². The second-order valence-electron chi connectivity index (χ2n) is 2.53. The minimum absolute atomic E-state index is 0.0167. The number of amides is 1. The Morgan fingerprint density at radius 1 is 1.42 bits per heavy atom. The van der Waals surface area contributed by atoms with Crippen molar-refractivity contribution in [3.63, 3.8) is 0 Å². The van der Waals surface area contributed by atoms with E-state index in [2.05, 4.69) is 5.32 Å². The number of carbonyl (C=O) groups is 1. The van der Waals surface area contributed by atoms with Crippen LogP contribution in [-0.2, 0) is 13.6 Å². The highest BCUT2D eigenvalue weighted by molar-refractivity contribution is 6.44. The lowest BCUT2D eigenvalue weighted by Crippen LogP contribution is -2.24. The van der Waals surface area contributed by atoms with Crippen molar-refractivity contribution in [2.45, 2.75) is 19.4 Å². The zero-order chi connectivity index (χ0) is 9.40. The first-order valence-corrected chi connectivity index (χ1v) is 5.76. The maximum atomic E-state index is 10.5. The first kappa shape index (κ1) is 11.6. The zero-order valence-electron chi connectivity index (χ0n) is 7.92. The Bertz CT molecular complexity index is 128. The van der Waals surface area contributed by atoms with E-state index in [4.69, 9.17) is 8.85 Å². The lowest BCUT2D eigenvalue weighted by molar-refractivity contribution is -0.118. The van der Waals surface area contributed by atoms with Gasteiger partial charge in [-0.3, -0.25) is 4.79 Å². The van der Waals surface area contributed by atoms with Crippen LogP contribution in [-0.4, -0.2) is 36.0 Å². The first-order valence-electron chi connectivity index (χ1n) is 4.00. The second kappa shape index (κ2) is 7.27. The Kier molecular flexibility index (Phi) is 7.03. The SMILES string of the molecule is CO[SiH](CCCNC(C)=O)OC. The lowest BCUT2D eigenvalue weighted by atomic mass is 10.5. The van der Waals surface area contributed by atoms with Crippen LogP contribution in [0, 0.1) is 0 Å². The number of hydrogen-bond donors (Lipinski definition) is 1. The molecule has 72 valence electrons. The fourth-order valence-electron chi connectivity index (χ4n) is 0.865. The summed E-state index contributed by atoms with van der Waals surface area (Å²) >= 11 is 0. The van der Waals surface area contributed by atoms with Crippen LogP contribution in [0.4, 0.5) is 0 Å². The molecule has 0 saturated heterocycles. The molecule has 0 radical (unpaired) electrons. The molecular weight excluding hydrogens is 174 g/mol. The average molecular weight is 191 g/mol. The van der Waals surface area contributed by atoms with Crippen LogP contribution in [0.2, 0.25) is 6.04 Å². The number of nitrogens with one attached hydrogen (secondary N) is 1. The van der Waals surface area contributed by atoms with Crippen LogP contribution in [0.1, 0.15) is 13.3 Å². The third-order valence-corrected chi connectivity index (χ3v) is 3.45. The van der Waals surface area contributed by atoms with E-state index in [1.807, 2.05) is 0 Å². The number of rotatable bonds is 6. The van der Waals surface area contributed by atoms with E-state index in [1.54, 1.807) is 14.2 Å². The highest BCUT2D eigenvalue weighted by atomic mass is 28.3. The van der Waals surface area contributed by atoms with Crippen molar-refractivity contribution in [2.75, 3.05) is 20.8 Å². The maximum absolute atomic E-state index is 10.5. The van der Waals surface area contributed by atoms with Crippen molar-refractivity contribution < 1.29 is 13.6 Å². The van der Waals surface area contributed by atoms with Crippen molar-refractivity contribution in [3.8, 4) is 0 Å². The molecule has 1 N–H and O–H groups in total. The van der Waals surface area contributed by atoms with Crippen molar-refractivity contribution in [1.82, 2.24) is 5.32 Å². The molecule has 0 aromatic carbocycles. The molecule has 0 atom stereocenters. The minimum Gasteiger partial charge on any atom is -0.400 e. The van der Waals surface area contributed by atoms with Crippen molar-refractivity contribution >= 4 is 15.2 Å². The molecule has 0 aliphatic rings. The second-order valence-corrected chi connectivity index (χ2v) is 4.91. The Morgan fingerprint density at radius 2 is 2.00 bits per heavy atom. The number of hydrogen-bond acceptors (Lipinski definition) is 3. The van der Waals surface area contributed by atoms with Gasteiger partial charge in [-0.05, 0) is 12.5 Å². The quantitative estimate of drug-likeness (QED) is 0.476. The molecule has 0 aromatic heterocycles. The van der Waals surface area contributed by atoms with E-state index in [-0.39, 0.29) is 5.91 Å². The summed E-state index contributed by atoms with van der Waals surface area (Å²) in [6.07, 6.45) is 0.929. The molecule has 5 heteroatoms. The summed E-state index contributed by atoms with van der Waals surface area (Å²) in [5.41, 5.74) is 0. The number of carbonyl (C=O) groups excluding carboxylic acids is 1. The summed E-state index contributed by atoms with van der Waals surface area (Å²) in [6.45, 7) is 2.23. The van der Waals surface area contributed by atoms with Gasteiger partial charge in [-0.1, -0.05) is 0 Å². The van der Waals surface area contributed by atoms with Crippen molar-refractivity contribution in [3.05, 3.63) is 0 Å². The Balaban J connectivity index is 3.23. The Labute approximate surface area is 75.1 Å². The topological polar surface area (TPSA) is 47.6 Å². The molecule has 4 nitrogen and oxygen atoms in total. The molecule has 0 heterocycles. The van der Waals surface area contributed by atoms with Crippen LogP contribution in [0.15, 0.2) is 0 Å². The summed E-state index contributed by atoms with van der Waals surface area (Å²) < 4.78 is 10.2. The van der Waals surface area contributed by atoms with Gasteiger partial charge in [0.1, 0.15) is 0 Å². The van der Waals surface area contributed by atoms with E-state index >= 15 is 0 Å². The van der Waals surface area contributed by atoms with Crippen LogP contribution in [0.5, 0.6) is 0 Å². The lowest BCUT2D eigenvalue weighted by Gasteiger charge is -2.10. The van der Waals surface area contributed by atoms with Gasteiger partial charge in [0, 0.05) is 27.7 Å². The van der Waals surface area contributed by atoms with Crippen LogP contribution >= 0.6 is 0 Å². The van der Waals surface area contributed by atoms with Crippen LogP contribution < -0.4 is 5.32 Å². The highest BCUT2D eigenvalue weighted by Gasteiger charge is 2.07. The summed E-state index contributed by atoms with van der Waals surface area (Å²) in [7, 11) is 1.92. The fraction of sp³-hybridized carbons (Fsp3) is 0.857. The molecule has 0 spiro atoms. The van der Waals surface area contributed by atoms with Gasteiger partial charge in [0.25, 0.3) is 0 Å². The monoisotopic (exact) mass is 191 g/mol. The highest BCUT2D eigenvalue weighted by Crippen LogP contribution is 1.97. The molecule has 0 fully saturated rings. The van der Waals surface area contributed by atoms with Crippen molar-refractivity contribution in [1.29, 1.82) is 0 Å². The molecular formula is C7H17NO3Si. The molecule has 0 aromatic rings. The van der Waals surface area contributed by atoms with Crippen molar-refractivity contribution in [2.24, 2.45) is 0 Å². The Hall–Kier alpha value is -0.393. The van der Waals surface area contributed by atoms with Crippen LogP contribution in [0.3, 0.4) is 0 Å². The normalized spacial score (nSPS) is 10.3. The smallest absolute Gasteiger partial charge is 0.320 e. The van der Waals surface area contributed by atoms with Gasteiger partial charge in [0.2, 0.25) is 5.91 Å². The van der Waals surface area contributed by atoms with Crippen LogP contribution in [0.25, 0.3) is 0 Å². The maximum Gasteiger partial charge on any atom is 0.320 e. The summed E-state index contributed by atoms with van der Waals surface area (Å²) in [6, 6.07) is 0.938. The molecule has 12 heavy (non-hydrogen) atoms. The Morgan fingerprint density at radius 3 is 2.42 bits per heavy atom. The van der Waals surface area contributed by atoms with E-state index in [9.17, 15) is 4.79 Å². The van der Waals surface area contributed by atoms with E-state index < -0.39 is 9.28 Å². The molecule has 0 saturated carbocycles. The first-order chi connectivity index (χ1) is 5.70. The van der Waals surface area contributed by atoms with E-state index in [0.717, 1.165) is 12.5 Å². The average Bonchev–Trinajstić information content (AvgIpc) is 2.04. The summed E-state index contributed by atoms with van der Waals surface area (Å²) in [5, 5.41) is 2.72. The summed E-state index contributed by atoms with van der Waals surface area (Å²) in [4.78, 5) is 10.5. The van der Waals surface area contributed by atoms with Gasteiger partial charge >= 0.3 is 9.28 Å². The van der Waals surface area contributed by atoms with E-state index in [1.165, 1.54) is 6.92 Å². The van der Waals surface area contributed by atoms with Gasteiger partial charge in [-0.15, -0.1) is 0 Å². The third-order valence-electron chi connectivity index (χ3n) is 1.52. The van der Waals surface area contributed by atoms with Gasteiger partial charge in [0.15, 0.2) is 0 Å². The molecule has 1 amide bonds. The van der Waals surface area contributed by atoms with Gasteiger partial charge in [-0.25, -0.2) is 0 Å². The zero-order valence-corrected chi connectivity index (χ0v) is 9.08. The summed E-state index contributed by atoms with van der Waals surface area (Å²) in [5.74, 6) is 0.0167. The third kappa shape index (κ3) is 6.33. The molecule has 0 unspecified atom stereocenters. The van der Waals surface area contributed by atoms with Gasteiger partial charge in [0.05, 0.1) is 0 Å². The van der Waals surface area contributed by atoms with Gasteiger partial charge in [-0.2, -0.15) is 0 Å². The fourth-order valence-corrected chi connectivity index (χ4v) is 2.07. The minimum atomic E-state index is -1.41. The molecule has 0 aliphatic heterocycles.